The van der Waals surface area contributed by atoms with E-state index in [-0.39, 0.29) is 0 Å². The van der Waals surface area contributed by atoms with E-state index in [4.69, 9.17) is 10.5 Å². The molecule has 0 aromatic heterocycles. The number of hydrogen-bond donors (Lipinski definition) is 0. The van der Waals surface area contributed by atoms with Crippen LogP contribution in [0.1, 0.15) is 47.0 Å². The van der Waals surface area contributed by atoms with Crippen LogP contribution in [0.15, 0.2) is 10.2 Å². The largest absolute Gasteiger partial charge is 0.196 e. The Morgan fingerprint density at radius 1 is 1.31 bits per heavy atom. The molecule has 2 atom stereocenters. The summed E-state index contributed by atoms with van der Waals surface area (Å²) < 4.78 is 0. The van der Waals surface area contributed by atoms with Crippen LogP contribution >= 0.6 is 0 Å². The maximum atomic E-state index is 9.06. The minimum absolute atomic E-state index is 0.385. The van der Waals surface area contributed by atoms with Gasteiger partial charge in [0, 0.05) is 0 Å². The summed E-state index contributed by atoms with van der Waals surface area (Å²) in [6.45, 7) is 7.84. The quantitative estimate of drug-likeness (QED) is 0.643. The maximum absolute atomic E-state index is 9.06. The van der Waals surface area contributed by atoms with Gasteiger partial charge in [-0.3, -0.25) is 0 Å². The third-order valence-corrected chi connectivity index (χ3v) is 2.18. The second-order valence-corrected chi connectivity index (χ2v) is 4.63. The van der Waals surface area contributed by atoms with Gasteiger partial charge in [-0.2, -0.15) is 20.8 Å². The van der Waals surface area contributed by atoms with Crippen LogP contribution in [0.4, 0.5) is 0 Å². The Kier molecular flexibility index (Phi) is 6.34. The standard InChI is InChI=1S/C12H20N4/c1-5-6-11(8-13)15-16-12(4,9-14)7-10(2)3/h10-11H,5-7H2,1-4H3/b16-15+. The summed E-state index contributed by atoms with van der Waals surface area (Å²) in [6.07, 6.45) is 2.26. The molecule has 0 aliphatic carbocycles. The van der Waals surface area contributed by atoms with Gasteiger partial charge in [0.1, 0.15) is 0 Å². The summed E-state index contributed by atoms with van der Waals surface area (Å²) in [5.41, 5.74) is -0.795. The summed E-state index contributed by atoms with van der Waals surface area (Å²) >= 11 is 0. The fourth-order valence-electron chi connectivity index (χ4n) is 1.52. The molecular weight excluding hydrogens is 200 g/mol. The van der Waals surface area contributed by atoms with Gasteiger partial charge in [-0.05, 0) is 25.7 Å². The number of nitrogens with zero attached hydrogens (tertiary/aromatic N) is 4. The zero-order valence-electron chi connectivity index (χ0n) is 10.6. The lowest BCUT2D eigenvalue weighted by atomic mass is 9.93. The summed E-state index contributed by atoms with van der Waals surface area (Å²) in [6, 6.07) is 3.83. The molecule has 0 aromatic carbocycles. The van der Waals surface area contributed by atoms with E-state index in [1.807, 2.05) is 20.8 Å². The predicted molar refractivity (Wildman–Crippen MR) is 62.6 cm³/mol. The van der Waals surface area contributed by atoms with Crippen molar-refractivity contribution in [3.8, 4) is 12.1 Å². The van der Waals surface area contributed by atoms with Gasteiger partial charge in [0.25, 0.3) is 0 Å². The van der Waals surface area contributed by atoms with Gasteiger partial charge < -0.3 is 0 Å². The van der Waals surface area contributed by atoms with Gasteiger partial charge in [0.15, 0.2) is 11.6 Å². The molecule has 88 valence electrons. The molecule has 0 N–H and O–H groups in total. The molecule has 0 aliphatic rings. The molecule has 16 heavy (non-hydrogen) atoms. The number of hydrogen-bond acceptors (Lipinski definition) is 4. The Morgan fingerprint density at radius 2 is 1.94 bits per heavy atom. The normalized spacial score (nSPS) is 16.7. The Morgan fingerprint density at radius 3 is 2.31 bits per heavy atom. The van der Waals surface area contributed by atoms with E-state index in [1.165, 1.54) is 0 Å². The topological polar surface area (TPSA) is 72.3 Å². The Labute approximate surface area is 98.0 Å². The predicted octanol–water partition coefficient (Wildman–Crippen LogP) is 3.46. The van der Waals surface area contributed by atoms with Gasteiger partial charge in [-0.15, -0.1) is 0 Å². The van der Waals surface area contributed by atoms with Gasteiger partial charge in [-0.1, -0.05) is 27.2 Å². The lowest BCUT2D eigenvalue weighted by molar-refractivity contribution is 0.425. The molecule has 0 radical (unpaired) electrons. The SMILES string of the molecule is CCCC(C#N)/N=N/C(C)(C#N)CC(C)C. The third kappa shape index (κ3) is 5.46. The monoisotopic (exact) mass is 220 g/mol. The second kappa shape index (κ2) is 6.95. The van der Waals surface area contributed by atoms with Crippen LogP contribution in [0.2, 0.25) is 0 Å². The maximum Gasteiger partial charge on any atom is 0.165 e. The van der Waals surface area contributed by atoms with Crippen molar-refractivity contribution in [3.63, 3.8) is 0 Å². The molecule has 0 fully saturated rings. The van der Waals surface area contributed by atoms with Gasteiger partial charge >= 0.3 is 0 Å². The molecule has 0 bridgehead atoms. The zero-order valence-corrected chi connectivity index (χ0v) is 10.6. The summed E-state index contributed by atoms with van der Waals surface area (Å²) in [5, 5.41) is 25.9. The van der Waals surface area contributed by atoms with Crippen LogP contribution in [0.3, 0.4) is 0 Å². The van der Waals surface area contributed by atoms with Crippen LogP contribution in [-0.2, 0) is 0 Å². The highest BCUT2D eigenvalue weighted by molar-refractivity contribution is 5.04. The lowest BCUT2D eigenvalue weighted by Gasteiger charge is -2.17. The van der Waals surface area contributed by atoms with Crippen LogP contribution in [0.5, 0.6) is 0 Å². The highest BCUT2D eigenvalue weighted by Crippen LogP contribution is 2.21. The van der Waals surface area contributed by atoms with E-state index in [9.17, 15) is 0 Å². The Bertz CT molecular complexity index is 308. The molecule has 0 rings (SSSR count). The van der Waals surface area contributed by atoms with E-state index in [0.717, 1.165) is 6.42 Å². The average molecular weight is 220 g/mol. The molecular formula is C12H20N4. The first-order valence-corrected chi connectivity index (χ1v) is 5.70. The van der Waals surface area contributed by atoms with Crippen molar-refractivity contribution < 1.29 is 0 Å². The molecule has 4 nitrogen and oxygen atoms in total. The van der Waals surface area contributed by atoms with Crippen molar-refractivity contribution in [2.75, 3.05) is 0 Å². The molecule has 0 aromatic rings. The van der Waals surface area contributed by atoms with Crippen molar-refractivity contribution in [1.82, 2.24) is 0 Å². The van der Waals surface area contributed by atoms with E-state index in [1.54, 1.807) is 6.92 Å². The first kappa shape index (κ1) is 14.6. The molecule has 2 unspecified atom stereocenters. The highest BCUT2D eigenvalue weighted by atomic mass is 15.2. The lowest BCUT2D eigenvalue weighted by Crippen LogP contribution is -2.21. The van der Waals surface area contributed by atoms with Crippen LogP contribution in [-0.4, -0.2) is 11.6 Å². The molecule has 0 spiro atoms. The first-order chi connectivity index (χ1) is 7.47. The van der Waals surface area contributed by atoms with E-state index in [0.29, 0.717) is 18.8 Å². The van der Waals surface area contributed by atoms with Crippen molar-refractivity contribution in [2.24, 2.45) is 16.1 Å². The average Bonchev–Trinajstić information content (AvgIpc) is 2.23. The summed E-state index contributed by atoms with van der Waals surface area (Å²) in [4.78, 5) is 0. The van der Waals surface area contributed by atoms with Crippen molar-refractivity contribution in [3.05, 3.63) is 0 Å². The van der Waals surface area contributed by atoms with Gasteiger partial charge in [-0.25, -0.2) is 0 Å². The zero-order chi connectivity index (χ0) is 12.6. The second-order valence-electron chi connectivity index (χ2n) is 4.63. The van der Waals surface area contributed by atoms with E-state index >= 15 is 0 Å². The summed E-state index contributed by atoms with van der Waals surface area (Å²) in [7, 11) is 0. The van der Waals surface area contributed by atoms with Gasteiger partial charge in [0.2, 0.25) is 0 Å². The minimum Gasteiger partial charge on any atom is -0.196 e. The fraction of sp³-hybridized carbons (Fsp3) is 0.833. The smallest absolute Gasteiger partial charge is 0.165 e. The Hall–Kier alpha value is -1.42. The van der Waals surface area contributed by atoms with Crippen molar-refractivity contribution >= 4 is 0 Å². The minimum atomic E-state index is -0.795. The van der Waals surface area contributed by atoms with Crippen LogP contribution in [0.25, 0.3) is 0 Å². The first-order valence-electron chi connectivity index (χ1n) is 5.70. The number of azo groups is 1. The highest BCUT2D eigenvalue weighted by Gasteiger charge is 2.25. The third-order valence-electron chi connectivity index (χ3n) is 2.18. The summed E-state index contributed by atoms with van der Waals surface area (Å²) in [5.74, 6) is 0.385. The molecule has 0 saturated carbocycles. The van der Waals surface area contributed by atoms with E-state index in [2.05, 4.69) is 22.4 Å². The van der Waals surface area contributed by atoms with Crippen molar-refractivity contribution in [1.29, 1.82) is 10.5 Å². The number of nitriles is 2. The molecule has 0 heterocycles. The van der Waals surface area contributed by atoms with Crippen molar-refractivity contribution in [2.45, 2.75) is 58.5 Å². The number of rotatable bonds is 6. The molecule has 0 saturated heterocycles. The molecule has 0 amide bonds. The molecule has 4 heteroatoms. The fourth-order valence-corrected chi connectivity index (χ4v) is 1.52. The van der Waals surface area contributed by atoms with Gasteiger partial charge in [0.05, 0.1) is 12.1 Å². The van der Waals surface area contributed by atoms with E-state index < -0.39 is 11.6 Å². The van der Waals surface area contributed by atoms with Crippen LogP contribution < -0.4 is 0 Å². The molecule has 0 aliphatic heterocycles. The Balaban J connectivity index is 4.59. The van der Waals surface area contributed by atoms with Crippen LogP contribution in [0, 0.1) is 28.6 Å².